The highest BCUT2D eigenvalue weighted by atomic mass is 28.4. The summed E-state index contributed by atoms with van der Waals surface area (Å²) in [5.74, 6) is -1.13. The lowest BCUT2D eigenvalue weighted by molar-refractivity contribution is -0.140. The third kappa shape index (κ3) is 4.62. The Morgan fingerprint density at radius 1 is 1.00 bits per heavy atom. The molecule has 12 heteroatoms. The molecule has 3 heterocycles. The lowest BCUT2D eigenvalue weighted by atomic mass is 10.1. The van der Waals surface area contributed by atoms with Crippen LogP contribution >= 0.6 is 0 Å². The van der Waals surface area contributed by atoms with Crippen molar-refractivity contribution in [3.05, 3.63) is 68.5 Å². The number of benzene rings is 1. The van der Waals surface area contributed by atoms with Gasteiger partial charge in [-0.2, -0.15) is 0 Å². The molecule has 2 aromatic rings. The van der Waals surface area contributed by atoms with Crippen molar-refractivity contribution < 1.29 is 28.3 Å². The van der Waals surface area contributed by atoms with E-state index < -0.39 is 55.9 Å². The normalized spacial score (nSPS) is 24.4. The lowest BCUT2D eigenvalue weighted by Gasteiger charge is -2.40. The van der Waals surface area contributed by atoms with Crippen LogP contribution in [0.15, 0.2) is 46.1 Å². The molecule has 2 aliphatic heterocycles. The Morgan fingerprint density at radius 2 is 1.61 bits per heavy atom. The third-order valence-corrected chi connectivity index (χ3v) is 11.5. The van der Waals surface area contributed by atoms with Crippen LogP contribution in [0.5, 0.6) is 0 Å². The zero-order chi connectivity index (χ0) is 26.4. The molecule has 1 aromatic heterocycles. The van der Waals surface area contributed by atoms with Crippen LogP contribution in [0.4, 0.5) is 0 Å². The van der Waals surface area contributed by atoms with E-state index in [9.17, 15) is 19.2 Å². The number of aromatic nitrogens is 2. The Morgan fingerprint density at radius 3 is 2.14 bits per heavy atom. The summed E-state index contributed by atoms with van der Waals surface area (Å²) in [6.07, 6.45) is -1.83. The summed E-state index contributed by atoms with van der Waals surface area (Å²) in [6, 6.07) is 7.68. The molecule has 0 spiro atoms. The number of rotatable bonds is 7. The minimum Gasteiger partial charge on any atom is -0.408 e. The number of nitrogens with one attached hydrogen (secondary N) is 1. The fourth-order valence-corrected chi connectivity index (χ4v) is 5.36. The Bertz CT molecular complexity index is 1250. The van der Waals surface area contributed by atoms with Gasteiger partial charge in [0.2, 0.25) is 0 Å². The Labute approximate surface area is 209 Å². The van der Waals surface area contributed by atoms with Crippen LogP contribution in [-0.4, -0.2) is 66.8 Å². The molecule has 1 aromatic carbocycles. The molecule has 0 saturated carbocycles. The zero-order valence-corrected chi connectivity index (χ0v) is 22.1. The van der Waals surface area contributed by atoms with Crippen molar-refractivity contribution in [3.63, 3.8) is 0 Å². The van der Waals surface area contributed by atoms with E-state index in [1.807, 2.05) is 0 Å². The first-order chi connectivity index (χ1) is 16.9. The number of imide groups is 1. The first-order valence-corrected chi connectivity index (χ1v) is 14.5. The highest BCUT2D eigenvalue weighted by Crippen LogP contribution is 2.42. The number of H-pyrrole nitrogens is 1. The van der Waals surface area contributed by atoms with E-state index in [0.29, 0.717) is 0 Å². The molecule has 1 fully saturated rings. The van der Waals surface area contributed by atoms with Gasteiger partial charge in [0.15, 0.2) is 14.5 Å². The highest BCUT2D eigenvalue weighted by molar-refractivity contribution is 6.74. The van der Waals surface area contributed by atoms with E-state index in [1.165, 1.54) is 23.9 Å². The van der Waals surface area contributed by atoms with Crippen molar-refractivity contribution in [1.82, 2.24) is 14.6 Å². The van der Waals surface area contributed by atoms with E-state index >= 15 is 0 Å². The van der Waals surface area contributed by atoms with Gasteiger partial charge in [-0.3, -0.25) is 28.8 Å². The van der Waals surface area contributed by atoms with Crippen LogP contribution in [0.1, 0.15) is 47.7 Å². The molecule has 2 amide bonds. The molecule has 2 aliphatic rings. The summed E-state index contributed by atoms with van der Waals surface area (Å²) >= 11 is 0. The predicted molar refractivity (Wildman–Crippen MR) is 131 cm³/mol. The van der Waals surface area contributed by atoms with Crippen molar-refractivity contribution >= 4 is 20.1 Å². The number of hydrogen-bond acceptors (Lipinski definition) is 8. The first kappa shape index (κ1) is 26.2. The number of hydroxylamine groups is 2. The van der Waals surface area contributed by atoms with Gasteiger partial charge in [-0.1, -0.05) is 32.9 Å². The van der Waals surface area contributed by atoms with Crippen LogP contribution in [0, 0.1) is 0 Å². The number of ether oxygens (including phenoxy) is 2. The second kappa shape index (κ2) is 9.52. The SMILES string of the molecule is CO[C@@H]1C(O[Si](C)(C)C(C)(C)C)[C@@H](CON2C(=O)c3ccccc3C2=O)O[C@H]1n1ccc(=O)[nH]c1=O. The number of carbonyl (C=O) groups is 2. The number of carbonyl (C=O) groups excluding carboxylic acids is 2. The van der Waals surface area contributed by atoms with Gasteiger partial charge in [0.25, 0.3) is 17.4 Å². The Kier molecular flexibility index (Phi) is 6.92. The number of hydrogen-bond donors (Lipinski definition) is 1. The van der Waals surface area contributed by atoms with E-state index in [0.717, 1.165) is 5.06 Å². The molecule has 4 rings (SSSR count). The van der Waals surface area contributed by atoms with Crippen molar-refractivity contribution in [2.75, 3.05) is 13.7 Å². The quantitative estimate of drug-likeness (QED) is 0.437. The number of nitrogens with zero attached hydrogens (tertiary/aromatic N) is 2. The maximum atomic E-state index is 12.7. The topological polar surface area (TPSA) is 129 Å². The summed E-state index contributed by atoms with van der Waals surface area (Å²) in [6.45, 7) is 10.2. The van der Waals surface area contributed by atoms with E-state index in [2.05, 4.69) is 38.8 Å². The minimum absolute atomic E-state index is 0.147. The Hall–Kier alpha value is -2.90. The molecular formula is C24H31N3O8Si. The number of fused-ring (bicyclic) bond motifs is 1. The Balaban J connectivity index is 1.63. The molecule has 36 heavy (non-hydrogen) atoms. The van der Waals surface area contributed by atoms with Crippen molar-refractivity contribution in [2.24, 2.45) is 0 Å². The second-order valence-corrected chi connectivity index (χ2v) is 15.1. The van der Waals surface area contributed by atoms with Crippen molar-refractivity contribution in [3.8, 4) is 0 Å². The smallest absolute Gasteiger partial charge is 0.330 e. The molecule has 11 nitrogen and oxygen atoms in total. The molecule has 0 radical (unpaired) electrons. The monoisotopic (exact) mass is 517 g/mol. The van der Waals surface area contributed by atoms with Crippen LogP contribution in [-0.2, 0) is 18.7 Å². The summed E-state index contributed by atoms with van der Waals surface area (Å²) in [5.41, 5.74) is -0.682. The van der Waals surface area contributed by atoms with Gasteiger partial charge in [-0.25, -0.2) is 4.79 Å². The third-order valence-electron chi connectivity index (χ3n) is 7.04. The fourth-order valence-electron chi connectivity index (χ4n) is 4.04. The van der Waals surface area contributed by atoms with Crippen LogP contribution in [0.3, 0.4) is 0 Å². The van der Waals surface area contributed by atoms with Crippen LogP contribution in [0.2, 0.25) is 18.1 Å². The molecule has 0 aliphatic carbocycles. The van der Waals surface area contributed by atoms with Crippen molar-refractivity contribution in [2.45, 2.75) is 63.4 Å². The first-order valence-electron chi connectivity index (χ1n) is 11.6. The number of methoxy groups -OCH3 is 1. The minimum atomic E-state index is -2.37. The van der Waals surface area contributed by atoms with Crippen LogP contribution in [0.25, 0.3) is 0 Å². The zero-order valence-electron chi connectivity index (χ0n) is 21.1. The van der Waals surface area contributed by atoms with Crippen LogP contribution < -0.4 is 11.2 Å². The van der Waals surface area contributed by atoms with Gasteiger partial charge in [0, 0.05) is 19.4 Å². The van der Waals surface area contributed by atoms with Gasteiger partial charge >= 0.3 is 5.69 Å². The molecule has 194 valence electrons. The molecule has 1 unspecified atom stereocenters. The highest BCUT2D eigenvalue weighted by Gasteiger charge is 2.52. The molecule has 1 N–H and O–H groups in total. The summed E-state index contributed by atoms with van der Waals surface area (Å²) in [4.78, 5) is 57.5. The summed E-state index contributed by atoms with van der Waals surface area (Å²) in [7, 11) is -0.891. The molecule has 1 saturated heterocycles. The number of aromatic amines is 1. The number of amides is 2. The molecule has 4 atom stereocenters. The van der Waals surface area contributed by atoms with Gasteiger partial charge < -0.3 is 13.9 Å². The van der Waals surface area contributed by atoms with E-state index in [1.54, 1.807) is 24.3 Å². The molecule has 0 bridgehead atoms. The van der Waals surface area contributed by atoms with Gasteiger partial charge in [0.1, 0.15) is 24.9 Å². The second-order valence-electron chi connectivity index (χ2n) is 10.4. The van der Waals surface area contributed by atoms with Crippen molar-refractivity contribution in [1.29, 1.82) is 0 Å². The predicted octanol–water partition coefficient (Wildman–Crippen LogP) is 2.07. The molecular weight excluding hydrogens is 486 g/mol. The van der Waals surface area contributed by atoms with E-state index in [-0.39, 0.29) is 22.8 Å². The lowest BCUT2D eigenvalue weighted by Crippen LogP contribution is -2.51. The summed E-state index contributed by atoms with van der Waals surface area (Å²) in [5, 5.41) is 0.574. The van der Waals surface area contributed by atoms with E-state index in [4.69, 9.17) is 18.7 Å². The average molecular weight is 518 g/mol. The standard InChI is InChI=1S/C24H31N3O8Si/c1-24(2,3)36(5,6)35-18-16(13-33-27-20(29)14-9-7-8-10-15(14)21(27)30)34-22(19(18)32-4)26-12-11-17(28)25-23(26)31/h7-12,16,18-19,22H,13H2,1-6H3,(H,25,28,31)/t16-,18?,19-,22-/m1/s1. The fraction of sp³-hybridized carbons (Fsp3) is 0.500. The summed E-state index contributed by atoms with van der Waals surface area (Å²) < 4.78 is 19.8. The maximum absolute atomic E-state index is 12.7. The van der Waals surface area contributed by atoms with Gasteiger partial charge in [-0.05, 0) is 30.3 Å². The van der Waals surface area contributed by atoms with Gasteiger partial charge in [0.05, 0.1) is 11.1 Å². The maximum Gasteiger partial charge on any atom is 0.330 e. The average Bonchev–Trinajstić information content (AvgIpc) is 3.25. The largest absolute Gasteiger partial charge is 0.408 e. The van der Waals surface area contributed by atoms with Gasteiger partial charge in [-0.15, -0.1) is 5.06 Å².